The van der Waals surface area contributed by atoms with Crippen LogP contribution in [0.3, 0.4) is 0 Å². The fraction of sp³-hybridized carbons (Fsp3) is 0.481. The molecule has 0 aromatic heterocycles. The van der Waals surface area contributed by atoms with Crippen molar-refractivity contribution in [1.82, 2.24) is 4.90 Å². The largest absolute Gasteiger partial charge is 0.477 e. The number of carbonyl (C=O) groups is 1. The van der Waals surface area contributed by atoms with Crippen LogP contribution in [0.15, 0.2) is 65.7 Å². The molecule has 6 heteroatoms. The van der Waals surface area contributed by atoms with Gasteiger partial charge in [0.25, 0.3) is 0 Å². The molecule has 1 amide bonds. The molecule has 0 unspecified atom stereocenters. The Balaban J connectivity index is 1.68. The van der Waals surface area contributed by atoms with Gasteiger partial charge >= 0.3 is 6.09 Å². The lowest BCUT2D eigenvalue weighted by atomic mass is 10.1. The number of carbonyl (C=O) groups excluding carboxylic acids is 1. The molecular weight excluding hydrogens is 431 g/mol. The maximum absolute atomic E-state index is 13.3. The van der Waals surface area contributed by atoms with Crippen molar-refractivity contribution < 1.29 is 14.3 Å². The SMILES string of the molecule is CC(C)[C@@H]1COC([C@@H]2C[C@H](P(c3ccccc3)c3ccccc3)CN2C(=O)OC(C)(C)C)=N1. The van der Waals surface area contributed by atoms with Crippen LogP contribution in [0.2, 0.25) is 0 Å². The van der Waals surface area contributed by atoms with Gasteiger partial charge in [0.1, 0.15) is 18.2 Å². The lowest BCUT2D eigenvalue weighted by Gasteiger charge is -2.28. The molecule has 176 valence electrons. The van der Waals surface area contributed by atoms with Gasteiger partial charge in [-0.15, -0.1) is 0 Å². The Bertz CT molecular complexity index is 932. The smallest absolute Gasteiger partial charge is 0.410 e. The molecule has 2 aliphatic rings. The first kappa shape index (κ1) is 23.8. The predicted molar refractivity (Wildman–Crippen MR) is 136 cm³/mol. The summed E-state index contributed by atoms with van der Waals surface area (Å²) in [5, 5.41) is 2.64. The number of hydrogen-bond acceptors (Lipinski definition) is 4. The second kappa shape index (κ2) is 9.85. The number of likely N-dealkylation sites (tertiary alicyclic amines) is 1. The van der Waals surface area contributed by atoms with Gasteiger partial charge in [0.2, 0.25) is 5.90 Å². The molecule has 0 radical (unpaired) electrons. The van der Waals surface area contributed by atoms with Crippen LogP contribution in [0.1, 0.15) is 41.0 Å². The molecule has 4 rings (SSSR count). The quantitative estimate of drug-likeness (QED) is 0.586. The van der Waals surface area contributed by atoms with E-state index in [1.807, 2.05) is 25.7 Å². The lowest BCUT2D eigenvalue weighted by Crippen LogP contribution is -2.43. The first-order valence-electron chi connectivity index (χ1n) is 11.8. The summed E-state index contributed by atoms with van der Waals surface area (Å²) in [5.74, 6) is 1.10. The molecule has 2 aromatic carbocycles. The van der Waals surface area contributed by atoms with Crippen molar-refractivity contribution in [2.24, 2.45) is 10.9 Å². The summed E-state index contributed by atoms with van der Waals surface area (Å²) < 4.78 is 11.9. The molecule has 0 aliphatic carbocycles. The summed E-state index contributed by atoms with van der Waals surface area (Å²) in [7, 11) is -0.661. The fourth-order valence-corrected chi connectivity index (χ4v) is 7.32. The second-order valence-electron chi connectivity index (χ2n) is 10.2. The Morgan fingerprint density at radius 2 is 1.64 bits per heavy atom. The van der Waals surface area contributed by atoms with Gasteiger partial charge < -0.3 is 9.47 Å². The summed E-state index contributed by atoms with van der Waals surface area (Å²) in [4.78, 5) is 20.0. The van der Waals surface area contributed by atoms with Crippen molar-refractivity contribution in [2.45, 2.75) is 64.4 Å². The lowest BCUT2D eigenvalue weighted by molar-refractivity contribution is 0.0254. The third-order valence-electron chi connectivity index (χ3n) is 6.09. The van der Waals surface area contributed by atoms with E-state index < -0.39 is 13.5 Å². The standard InChI is InChI=1S/C27H35N2O3P/c1-19(2)23-18-31-25(28-23)24-16-22(17-29(24)26(30)32-27(3,4)5)33(20-12-8-6-9-13-20)21-14-10-7-11-15-21/h6-15,19,22-24H,16-18H2,1-5H3/t22-,23-,24-/m0/s1. The third-order valence-corrected chi connectivity index (χ3v) is 8.90. The molecule has 2 aromatic rings. The van der Waals surface area contributed by atoms with E-state index in [1.165, 1.54) is 10.6 Å². The number of hydrogen-bond donors (Lipinski definition) is 0. The molecule has 3 atom stereocenters. The summed E-state index contributed by atoms with van der Waals surface area (Å²) in [5.41, 5.74) is -0.269. The highest BCUT2D eigenvalue weighted by Crippen LogP contribution is 2.46. The molecule has 0 bridgehead atoms. The summed E-state index contributed by atoms with van der Waals surface area (Å²) in [6.07, 6.45) is 0.531. The second-order valence-corrected chi connectivity index (χ2v) is 12.7. The molecule has 0 spiro atoms. The van der Waals surface area contributed by atoms with E-state index in [1.54, 1.807) is 0 Å². The molecule has 33 heavy (non-hydrogen) atoms. The van der Waals surface area contributed by atoms with Crippen molar-refractivity contribution >= 4 is 30.5 Å². The maximum Gasteiger partial charge on any atom is 0.410 e. The van der Waals surface area contributed by atoms with Crippen LogP contribution < -0.4 is 10.6 Å². The predicted octanol–water partition coefficient (Wildman–Crippen LogP) is 4.95. The van der Waals surface area contributed by atoms with Crippen LogP contribution in [0.5, 0.6) is 0 Å². The van der Waals surface area contributed by atoms with Gasteiger partial charge in [-0.05, 0) is 51.6 Å². The Hall–Kier alpha value is -2.39. The maximum atomic E-state index is 13.3. The van der Waals surface area contributed by atoms with Gasteiger partial charge in [-0.25, -0.2) is 9.79 Å². The molecule has 0 N–H and O–H groups in total. The van der Waals surface area contributed by atoms with Crippen LogP contribution >= 0.6 is 7.92 Å². The van der Waals surface area contributed by atoms with E-state index in [0.717, 1.165) is 6.42 Å². The van der Waals surface area contributed by atoms with E-state index in [4.69, 9.17) is 14.5 Å². The molecule has 2 heterocycles. The van der Waals surface area contributed by atoms with Crippen LogP contribution in [0, 0.1) is 5.92 Å². The highest BCUT2D eigenvalue weighted by molar-refractivity contribution is 7.73. The average Bonchev–Trinajstić information content (AvgIpc) is 3.42. The van der Waals surface area contributed by atoms with Crippen LogP contribution in [0.25, 0.3) is 0 Å². The van der Waals surface area contributed by atoms with Gasteiger partial charge in [0.15, 0.2) is 0 Å². The van der Waals surface area contributed by atoms with Gasteiger partial charge in [-0.1, -0.05) is 74.5 Å². The van der Waals surface area contributed by atoms with E-state index in [-0.39, 0.29) is 23.8 Å². The highest BCUT2D eigenvalue weighted by Gasteiger charge is 2.45. The van der Waals surface area contributed by atoms with E-state index in [9.17, 15) is 4.79 Å². The Kier molecular flexibility index (Phi) is 7.09. The van der Waals surface area contributed by atoms with Crippen molar-refractivity contribution in [2.75, 3.05) is 13.2 Å². The minimum absolute atomic E-state index is 0.143. The van der Waals surface area contributed by atoms with Gasteiger partial charge in [-0.2, -0.15) is 0 Å². The number of ether oxygens (including phenoxy) is 2. The number of benzene rings is 2. The van der Waals surface area contributed by atoms with Crippen LogP contribution in [-0.2, 0) is 9.47 Å². The first-order chi connectivity index (χ1) is 15.7. The molecule has 0 saturated carbocycles. The van der Waals surface area contributed by atoms with Crippen molar-refractivity contribution in [3.05, 3.63) is 60.7 Å². The highest BCUT2D eigenvalue weighted by atomic mass is 31.1. The number of rotatable bonds is 5. The van der Waals surface area contributed by atoms with Crippen LogP contribution in [0.4, 0.5) is 4.79 Å². The van der Waals surface area contributed by atoms with E-state index >= 15 is 0 Å². The molecule has 5 nitrogen and oxygen atoms in total. The minimum Gasteiger partial charge on any atom is -0.477 e. The van der Waals surface area contributed by atoms with E-state index in [2.05, 4.69) is 74.5 Å². The number of aliphatic imine (C=N–C) groups is 1. The Labute approximate surface area is 198 Å². The summed E-state index contributed by atoms with van der Waals surface area (Å²) >= 11 is 0. The fourth-order valence-electron chi connectivity index (χ4n) is 4.44. The molecule has 1 saturated heterocycles. The topological polar surface area (TPSA) is 51.1 Å². The third kappa shape index (κ3) is 5.58. The molecule has 2 aliphatic heterocycles. The van der Waals surface area contributed by atoms with Gasteiger partial charge in [-0.3, -0.25) is 4.90 Å². The van der Waals surface area contributed by atoms with Crippen molar-refractivity contribution in [3.63, 3.8) is 0 Å². The molecular formula is C27H35N2O3P. The van der Waals surface area contributed by atoms with Gasteiger partial charge in [0.05, 0.1) is 6.04 Å². The zero-order valence-corrected chi connectivity index (χ0v) is 21.2. The normalized spacial score (nSPS) is 23.1. The number of amides is 1. The zero-order chi connectivity index (χ0) is 23.6. The first-order valence-corrected chi connectivity index (χ1v) is 13.2. The van der Waals surface area contributed by atoms with Crippen LogP contribution in [-0.4, -0.2) is 53.4 Å². The zero-order valence-electron chi connectivity index (χ0n) is 20.3. The van der Waals surface area contributed by atoms with Gasteiger partial charge in [0, 0.05) is 12.2 Å². The summed E-state index contributed by atoms with van der Waals surface area (Å²) in [6, 6.07) is 21.3. The monoisotopic (exact) mass is 466 g/mol. The Morgan fingerprint density at radius 1 is 1.06 bits per heavy atom. The van der Waals surface area contributed by atoms with Crippen molar-refractivity contribution in [1.29, 1.82) is 0 Å². The van der Waals surface area contributed by atoms with Crippen molar-refractivity contribution in [3.8, 4) is 0 Å². The molecule has 1 fully saturated rings. The summed E-state index contributed by atoms with van der Waals surface area (Å²) in [6.45, 7) is 11.3. The average molecular weight is 467 g/mol. The minimum atomic E-state index is -0.661. The van der Waals surface area contributed by atoms with E-state index in [0.29, 0.717) is 25.0 Å². The number of nitrogens with zero attached hydrogens (tertiary/aromatic N) is 2. The Morgan fingerprint density at radius 3 is 2.12 bits per heavy atom.